The molecule has 0 N–H and O–H groups in total. The normalized spacial score (nSPS) is 11.8. The molecule has 1 nitrogen and oxygen atoms in total. The molecule has 0 saturated heterocycles. The number of allylic oxidation sites excluding steroid dienone is 2. The van der Waals surface area contributed by atoms with Gasteiger partial charge in [-0.1, -0.05) is 45.9 Å². The minimum absolute atomic E-state index is 1.09. The number of likely N-dealkylation sites (N-methyl/N-ethyl adjacent to an activating group) is 1. The van der Waals surface area contributed by atoms with E-state index in [1.165, 1.54) is 18.5 Å². The molecule has 0 aromatic heterocycles. The highest BCUT2D eigenvalue weighted by Crippen LogP contribution is 2.02. The summed E-state index contributed by atoms with van der Waals surface area (Å²) in [4.78, 5) is 2.47. The maximum Gasteiger partial charge on any atom is 0.0230 e. The molecule has 0 spiro atoms. The molecule has 0 aliphatic rings. The van der Waals surface area contributed by atoms with Crippen LogP contribution in [0.2, 0.25) is 0 Å². The second-order valence-corrected chi connectivity index (χ2v) is 3.23. The predicted octanol–water partition coefficient (Wildman–Crippen LogP) is 4.27. The summed E-state index contributed by atoms with van der Waals surface area (Å²) >= 11 is 0. The minimum Gasteiger partial charge on any atom is -0.299 e. The van der Waals surface area contributed by atoms with Gasteiger partial charge in [-0.05, 0) is 38.9 Å². The lowest BCUT2D eigenvalue weighted by Gasteiger charge is -2.19. The molecule has 0 saturated carbocycles. The van der Waals surface area contributed by atoms with Crippen LogP contribution < -0.4 is 0 Å². The standard InChI is InChI=1S/C12H23N.C2H6/c1-5-9-12(7-3)11-13(8-4)10-6-2;1-2/h5,7,9H,6,8,10-11H2,1-4H3;1-2H3/b9-5-,12-7+;. The first kappa shape index (κ1) is 16.9. The molecule has 15 heavy (non-hydrogen) atoms. The van der Waals surface area contributed by atoms with Crippen LogP contribution in [0.25, 0.3) is 0 Å². The Bertz CT molecular complexity index is 168. The Labute approximate surface area is 96.9 Å². The molecule has 0 aliphatic heterocycles. The first-order valence-corrected chi connectivity index (χ1v) is 6.28. The van der Waals surface area contributed by atoms with Gasteiger partial charge in [-0.25, -0.2) is 0 Å². The smallest absolute Gasteiger partial charge is 0.0230 e. The summed E-state index contributed by atoms with van der Waals surface area (Å²) in [5.74, 6) is 0. The SMILES string of the molecule is C/C=C\C(=C/C)CN(CC)CCC.CC. The van der Waals surface area contributed by atoms with Crippen molar-refractivity contribution in [3.63, 3.8) is 0 Å². The highest BCUT2D eigenvalue weighted by Gasteiger charge is 2.01. The van der Waals surface area contributed by atoms with E-state index in [1.807, 2.05) is 13.8 Å². The average molecular weight is 211 g/mol. The first-order valence-electron chi connectivity index (χ1n) is 6.28. The summed E-state index contributed by atoms with van der Waals surface area (Å²) in [6, 6.07) is 0. The Balaban J connectivity index is 0. The minimum atomic E-state index is 1.09. The topological polar surface area (TPSA) is 3.24 Å². The zero-order valence-corrected chi connectivity index (χ0v) is 11.5. The third-order valence-electron chi connectivity index (χ3n) is 2.14. The lowest BCUT2D eigenvalue weighted by Crippen LogP contribution is -2.26. The summed E-state index contributed by atoms with van der Waals surface area (Å²) in [5.41, 5.74) is 1.41. The second kappa shape index (κ2) is 13.4. The van der Waals surface area contributed by atoms with Crippen LogP contribution in [0.4, 0.5) is 0 Å². The van der Waals surface area contributed by atoms with Crippen molar-refractivity contribution in [2.24, 2.45) is 0 Å². The van der Waals surface area contributed by atoms with Crippen LogP contribution in [0.5, 0.6) is 0 Å². The van der Waals surface area contributed by atoms with Crippen molar-refractivity contribution >= 4 is 0 Å². The van der Waals surface area contributed by atoms with Gasteiger partial charge in [-0.2, -0.15) is 0 Å². The van der Waals surface area contributed by atoms with Gasteiger partial charge in [0.25, 0.3) is 0 Å². The van der Waals surface area contributed by atoms with Crippen LogP contribution >= 0.6 is 0 Å². The quantitative estimate of drug-likeness (QED) is 0.593. The third kappa shape index (κ3) is 9.74. The van der Waals surface area contributed by atoms with Gasteiger partial charge >= 0.3 is 0 Å². The van der Waals surface area contributed by atoms with Crippen LogP contribution in [-0.4, -0.2) is 24.5 Å². The van der Waals surface area contributed by atoms with E-state index < -0.39 is 0 Å². The van der Waals surface area contributed by atoms with Crippen LogP contribution in [0, 0.1) is 0 Å². The fraction of sp³-hybridized carbons (Fsp3) is 0.714. The van der Waals surface area contributed by atoms with Gasteiger partial charge in [0.15, 0.2) is 0 Å². The van der Waals surface area contributed by atoms with E-state index in [4.69, 9.17) is 0 Å². The highest BCUT2D eigenvalue weighted by molar-refractivity contribution is 5.18. The lowest BCUT2D eigenvalue weighted by atomic mass is 10.2. The van der Waals surface area contributed by atoms with Gasteiger partial charge < -0.3 is 0 Å². The van der Waals surface area contributed by atoms with Crippen molar-refractivity contribution in [3.05, 3.63) is 23.8 Å². The predicted molar refractivity (Wildman–Crippen MR) is 72.3 cm³/mol. The van der Waals surface area contributed by atoms with E-state index in [0.717, 1.165) is 13.1 Å². The number of rotatable bonds is 6. The van der Waals surface area contributed by atoms with Crippen LogP contribution in [0.3, 0.4) is 0 Å². The monoisotopic (exact) mass is 211 g/mol. The van der Waals surface area contributed by atoms with Crippen LogP contribution in [-0.2, 0) is 0 Å². The first-order chi connectivity index (χ1) is 7.28. The summed E-state index contributed by atoms with van der Waals surface area (Å²) in [7, 11) is 0. The molecule has 0 bridgehead atoms. The Morgan fingerprint density at radius 3 is 2.07 bits per heavy atom. The molecule has 0 aromatic carbocycles. The molecule has 1 heteroatoms. The van der Waals surface area contributed by atoms with E-state index in [9.17, 15) is 0 Å². The largest absolute Gasteiger partial charge is 0.299 e. The Morgan fingerprint density at radius 2 is 1.73 bits per heavy atom. The Kier molecular flexibility index (Phi) is 15.1. The molecule has 0 radical (unpaired) electrons. The van der Waals surface area contributed by atoms with Crippen molar-refractivity contribution in [1.82, 2.24) is 4.90 Å². The molecule has 0 amide bonds. The van der Waals surface area contributed by atoms with Gasteiger partial charge in [0.05, 0.1) is 0 Å². The summed E-state index contributed by atoms with van der Waals surface area (Å²) < 4.78 is 0. The average Bonchev–Trinajstić information content (AvgIpc) is 2.30. The van der Waals surface area contributed by atoms with Crippen molar-refractivity contribution in [3.8, 4) is 0 Å². The molecule has 90 valence electrons. The molecule has 0 aromatic rings. The molecule has 0 rings (SSSR count). The number of hydrogen-bond donors (Lipinski definition) is 0. The van der Waals surface area contributed by atoms with Crippen LogP contribution in [0.15, 0.2) is 23.8 Å². The summed E-state index contributed by atoms with van der Waals surface area (Å²) in [5, 5.41) is 0. The van der Waals surface area contributed by atoms with E-state index >= 15 is 0 Å². The van der Waals surface area contributed by atoms with Crippen molar-refractivity contribution < 1.29 is 0 Å². The zero-order valence-electron chi connectivity index (χ0n) is 11.5. The summed E-state index contributed by atoms with van der Waals surface area (Å²) in [6.07, 6.45) is 7.73. The molecule has 0 atom stereocenters. The third-order valence-corrected chi connectivity index (χ3v) is 2.14. The Morgan fingerprint density at radius 1 is 1.13 bits per heavy atom. The van der Waals surface area contributed by atoms with Crippen molar-refractivity contribution in [1.29, 1.82) is 0 Å². The molecule has 0 heterocycles. The van der Waals surface area contributed by atoms with E-state index in [1.54, 1.807) is 0 Å². The number of hydrogen-bond acceptors (Lipinski definition) is 1. The van der Waals surface area contributed by atoms with Gasteiger partial charge in [-0.3, -0.25) is 4.90 Å². The maximum atomic E-state index is 2.47. The maximum absolute atomic E-state index is 2.47. The van der Waals surface area contributed by atoms with Gasteiger partial charge in [0.2, 0.25) is 0 Å². The second-order valence-electron chi connectivity index (χ2n) is 3.23. The van der Waals surface area contributed by atoms with Gasteiger partial charge in [-0.15, -0.1) is 0 Å². The molecule has 0 fully saturated rings. The molecular formula is C14H29N. The molecular weight excluding hydrogens is 182 g/mol. The van der Waals surface area contributed by atoms with E-state index in [-0.39, 0.29) is 0 Å². The van der Waals surface area contributed by atoms with Gasteiger partial charge in [0, 0.05) is 6.54 Å². The summed E-state index contributed by atoms with van der Waals surface area (Å²) in [6.45, 7) is 16.1. The number of nitrogens with zero attached hydrogens (tertiary/aromatic N) is 1. The van der Waals surface area contributed by atoms with Crippen molar-refractivity contribution in [2.45, 2.75) is 48.0 Å². The highest BCUT2D eigenvalue weighted by atomic mass is 15.1. The van der Waals surface area contributed by atoms with Gasteiger partial charge in [0.1, 0.15) is 0 Å². The fourth-order valence-corrected chi connectivity index (χ4v) is 1.38. The van der Waals surface area contributed by atoms with E-state index in [2.05, 4.69) is 50.8 Å². The van der Waals surface area contributed by atoms with E-state index in [0.29, 0.717) is 0 Å². The molecule has 0 aliphatic carbocycles. The van der Waals surface area contributed by atoms with Crippen molar-refractivity contribution in [2.75, 3.05) is 19.6 Å². The Hall–Kier alpha value is -0.560. The van der Waals surface area contributed by atoms with Crippen LogP contribution in [0.1, 0.15) is 48.0 Å². The molecule has 0 unspecified atom stereocenters. The zero-order chi connectivity index (χ0) is 12.1. The fourth-order valence-electron chi connectivity index (χ4n) is 1.38. The lowest BCUT2D eigenvalue weighted by molar-refractivity contribution is 0.315.